The van der Waals surface area contributed by atoms with Gasteiger partial charge in [0.1, 0.15) is 6.61 Å². The highest BCUT2D eigenvalue weighted by atomic mass is 35.5. The Labute approximate surface area is 216 Å². The van der Waals surface area contributed by atoms with Crippen LogP contribution in [0.1, 0.15) is 16.7 Å². The third-order valence-corrected chi connectivity index (χ3v) is 6.93. The molecule has 9 heteroatoms. The molecule has 0 spiro atoms. The Morgan fingerprint density at radius 2 is 1.62 bits per heavy atom. The molecule has 0 atom stereocenters. The molecule has 4 rings (SSSR count). The molecule has 34 heavy (non-hydrogen) atoms. The lowest BCUT2D eigenvalue weighted by Crippen LogP contribution is -2.27. The number of halogens is 3. The lowest BCUT2D eigenvalue weighted by atomic mass is 10.1. The Hall–Kier alpha value is -2.64. The minimum atomic E-state index is -0.433. The van der Waals surface area contributed by atoms with Crippen molar-refractivity contribution in [2.45, 2.75) is 13.2 Å². The van der Waals surface area contributed by atoms with Crippen LogP contribution in [0.5, 0.6) is 11.5 Å². The van der Waals surface area contributed by atoms with Crippen molar-refractivity contribution in [2.75, 3.05) is 7.11 Å². The Kier molecular flexibility index (Phi) is 7.73. The number of amides is 2. The van der Waals surface area contributed by atoms with E-state index in [0.29, 0.717) is 37.7 Å². The van der Waals surface area contributed by atoms with Crippen molar-refractivity contribution in [3.05, 3.63) is 97.3 Å². The number of carbonyl (C=O) groups is 2. The normalized spacial score (nSPS) is 14.7. The van der Waals surface area contributed by atoms with E-state index in [4.69, 9.17) is 44.3 Å². The van der Waals surface area contributed by atoms with Crippen LogP contribution < -0.4 is 9.47 Å². The van der Waals surface area contributed by atoms with Crippen molar-refractivity contribution in [3.8, 4) is 11.5 Å². The average Bonchev–Trinajstić information content (AvgIpc) is 3.08. The van der Waals surface area contributed by atoms with E-state index in [1.807, 2.05) is 12.1 Å². The first-order chi connectivity index (χ1) is 16.4. The number of ether oxygens (including phenoxy) is 2. The predicted octanol–water partition coefficient (Wildman–Crippen LogP) is 7.47. The van der Waals surface area contributed by atoms with E-state index < -0.39 is 11.1 Å². The summed E-state index contributed by atoms with van der Waals surface area (Å²) in [5.74, 6) is 0.531. The number of thioether (sulfide) groups is 1. The van der Waals surface area contributed by atoms with Crippen molar-refractivity contribution in [3.63, 3.8) is 0 Å². The molecule has 0 unspecified atom stereocenters. The maximum absolute atomic E-state index is 13.1. The van der Waals surface area contributed by atoms with Crippen molar-refractivity contribution < 1.29 is 19.1 Å². The third kappa shape index (κ3) is 5.36. The smallest absolute Gasteiger partial charge is 0.293 e. The summed E-state index contributed by atoms with van der Waals surface area (Å²) in [7, 11) is 1.54. The van der Waals surface area contributed by atoms with Crippen LogP contribution in [0, 0.1) is 0 Å². The number of rotatable bonds is 7. The molecule has 0 saturated carbocycles. The van der Waals surface area contributed by atoms with Gasteiger partial charge in [0.25, 0.3) is 11.1 Å². The molecule has 0 bridgehead atoms. The molecule has 1 saturated heterocycles. The van der Waals surface area contributed by atoms with Crippen LogP contribution in [0.2, 0.25) is 15.1 Å². The molecule has 0 aromatic heterocycles. The average molecular weight is 535 g/mol. The van der Waals surface area contributed by atoms with Crippen LogP contribution in [0.25, 0.3) is 6.08 Å². The predicted molar refractivity (Wildman–Crippen MR) is 137 cm³/mol. The molecule has 0 radical (unpaired) electrons. The van der Waals surface area contributed by atoms with E-state index >= 15 is 0 Å². The minimum absolute atomic E-state index is 0.0153. The van der Waals surface area contributed by atoms with E-state index in [9.17, 15) is 9.59 Å². The lowest BCUT2D eigenvalue weighted by Gasteiger charge is -2.15. The molecule has 3 aromatic rings. The first kappa shape index (κ1) is 24.5. The topological polar surface area (TPSA) is 55.8 Å². The van der Waals surface area contributed by atoms with Gasteiger partial charge in [0, 0.05) is 26.2 Å². The second kappa shape index (κ2) is 10.7. The fourth-order valence-corrected chi connectivity index (χ4v) is 4.79. The number of benzene rings is 3. The highest BCUT2D eigenvalue weighted by molar-refractivity contribution is 8.18. The Balaban J connectivity index is 1.60. The summed E-state index contributed by atoms with van der Waals surface area (Å²) in [5, 5.41) is 1.01. The number of methoxy groups -OCH3 is 1. The number of para-hydroxylation sites is 1. The van der Waals surface area contributed by atoms with Crippen LogP contribution in [-0.2, 0) is 17.9 Å². The zero-order chi connectivity index (χ0) is 24.2. The van der Waals surface area contributed by atoms with Crippen molar-refractivity contribution in [1.82, 2.24) is 4.90 Å². The van der Waals surface area contributed by atoms with E-state index in [0.717, 1.165) is 22.2 Å². The van der Waals surface area contributed by atoms with Gasteiger partial charge in [-0.3, -0.25) is 14.5 Å². The van der Waals surface area contributed by atoms with Gasteiger partial charge in [-0.25, -0.2) is 0 Å². The van der Waals surface area contributed by atoms with Gasteiger partial charge in [0.05, 0.1) is 18.6 Å². The van der Waals surface area contributed by atoms with Crippen LogP contribution in [0.4, 0.5) is 4.79 Å². The molecule has 3 aromatic carbocycles. The van der Waals surface area contributed by atoms with Crippen molar-refractivity contribution >= 4 is 63.8 Å². The largest absolute Gasteiger partial charge is 0.493 e. The third-order valence-electron chi connectivity index (χ3n) is 5.06. The van der Waals surface area contributed by atoms with E-state index in [1.165, 1.54) is 7.11 Å². The first-order valence-corrected chi connectivity index (χ1v) is 12.0. The first-order valence-electron chi connectivity index (χ1n) is 10.1. The standard InChI is InChI=1S/C25H18Cl3NO4S/c1-32-21-7-2-4-16(23(21)33-14-15-8-10-17(26)11-9-15)12-22-24(30)29(25(31)34-22)13-18-19(27)5-3-6-20(18)28/h2-12H,13-14H2,1H3/b22-12-. The minimum Gasteiger partial charge on any atom is -0.493 e. The number of hydrogen-bond acceptors (Lipinski definition) is 5. The van der Waals surface area contributed by atoms with Crippen molar-refractivity contribution in [2.24, 2.45) is 0 Å². The molecule has 1 heterocycles. The zero-order valence-electron chi connectivity index (χ0n) is 17.9. The van der Waals surface area contributed by atoms with Crippen LogP contribution in [0.15, 0.2) is 65.6 Å². The van der Waals surface area contributed by atoms with Gasteiger partial charge in [-0.2, -0.15) is 0 Å². The fourth-order valence-electron chi connectivity index (χ4n) is 3.32. The summed E-state index contributed by atoms with van der Waals surface area (Å²) in [6.45, 7) is 0.253. The quantitative estimate of drug-likeness (QED) is 0.294. The summed E-state index contributed by atoms with van der Waals surface area (Å²) in [4.78, 5) is 27.1. The second-order valence-corrected chi connectivity index (χ2v) is 9.51. The Morgan fingerprint density at radius 3 is 2.29 bits per heavy atom. The maximum atomic E-state index is 13.1. The summed E-state index contributed by atoms with van der Waals surface area (Å²) >= 11 is 19.3. The van der Waals surface area contributed by atoms with Gasteiger partial charge in [0.2, 0.25) is 0 Å². The summed E-state index contributed by atoms with van der Waals surface area (Å²) in [6.07, 6.45) is 1.62. The summed E-state index contributed by atoms with van der Waals surface area (Å²) in [6, 6.07) is 17.7. The van der Waals surface area contributed by atoms with Gasteiger partial charge < -0.3 is 9.47 Å². The monoisotopic (exact) mass is 533 g/mol. The van der Waals surface area contributed by atoms with Crippen LogP contribution in [-0.4, -0.2) is 23.2 Å². The van der Waals surface area contributed by atoms with Gasteiger partial charge in [-0.1, -0.05) is 65.1 Å². The fraction of sp³-hybridized carbons (Fsp3) is 0.120. The molecule has 174 valence electrons. The molecular weight excluding hydrogens is 517 g/mol. The van der Waals surface area contributed by atoms with Crippen molar-refractivity contribution in [1.29, 1.82) is 0 Å². The van der Waals surface area contributed by atoms with E-state index in [2.05, 4.69) is 0 Å². The number of nitrogens with zero attached hydrogens (tertiary/aromatic N) is 1. The molecule has 1 aliphatic rings. The molecule has 2 amide bonds. The highest BCUT2D eigenvalue weighted by Gasteiger charge is 2.36. The molecule has 0 aliphatic carbocycles. The Bertz CT molecular complexity index is 1260. The summed E-state index contributed by atoms with van der Waals surface area (Å²) < 4.78 is 11.5. The number of hydrogen-bond donors (Lipinski definition) is 0. The van der Waals surface area contributed by atoms with Gasteiger partial charge in [-0.05, 0) is 53.7 Å². The second-order valence-electron chi connectivity index (χ2n) is 7.26. The van der Waals surface area contributed by atoms with E-state index in [-0.39, 0.29) is 18.1 Å². The van der Waals surface area contributed by atoms with Crippen LogP contribution >= 0.6 is 46.6 Å². The highest BCUT2D eigenvalue weighted by Crippen LogP contribution is 2.39. The Morgan fingerprint density at radius 1 is 0.941 bits per heavy atom. The number of carbonyl (C=O) groups excluding carboxylic acids is 2. The SMILES string of the molecule is COc1cccc(/C=C2\SC(=O)N(Cc3c(Cl)cccc3Cl)C2=O)c1OCc1ccc(Cl)cc1. The molecule has 5 nitrogen and oxygen atoms in total. The van der Waals surface area contributed by atoms with Gasteiger partial charge in [0.15, 0.2) is 11.5 Å². The summed E-state index contributed by atoms with van der Waals surface area (Å²) in [5.41, 5.74) is 2.04. The molecule has 0 N–H and O–H groups in total. The van der Waals surface area contributed by atoms with E-state index in [1.54, 1.807) is 54.6 Å². The van der Waals surface area contributed by atoms with Crippen LogP contribution in [0.3, 0.4) is 0 Å². The lowest BCUT2D eigenvalue weighted by molar-refractivity contribution is -0.123. The molecule has 1 fully saturated rings. The number of imide groups is 1. The maximum Gasteiger partial charge on any atom is 0.293 e. The van der Waals surface area contributed by atoms with Gasteiger partial charge >= 0.3 is 0 Å². The molecular formula is C25H18Cl3NO4S. The molecule has 1 aliphatic heterocycles. The van der Waals surface area contributed by atoms with Gasteiger partial charge in [-0.15, -0.1) is 0 Å². The zero-order valence-corrected chi connectivity index (χ0v) is 21.0.